The van der Waals surface area contributed by atoms with Crippen molar-refractivity contribution in [2.75, 3.05) is 5.32 Å². The lowest BCUT2D eigenvalue weighted by Gasteiger charge is -2.16. The monoisotopic (exact) mass is 466 g/mol. The summed E-state index contributed by atoms with van der Waals surface area (Å²) in [5.74, 6) is 0.596. The van der Waals surface area contributed by atoms with E-state index in [9.17, 15) is 4.79 Å². The first-order valence-corrected chi connectivity index (χ1v) is 12.4. The van der Waals surface area contributed by atoms with Gasteiger partial charge in [-0.1, -0.05) is 54.6 Å². The molecule has 1 aromatic heterocycles. The highest BCUT2D eigenvalue weighted by Crippen LogP contribution is 2.29. The van der Waals surface area contributed by atoms with Crippen LogP contribution in [-0.4, -0.2) is 10.9 Å². The van der Waals surface area contributed by atoms with Gasteiger partial charge in [0.25, 0.3) is 0 Å². The molecule has 1 N–H and O–H groups in total. The summed E-state index contributed by atoms with van der Waals surface area (Å²) in [6, 6.07) is 24.4. The first-order valence-electron chi connectivity index (χ1n) is 11.6. The van der Waals surface area contributed by atoms with Crippen molar-refractivity contribution in [2.24, 2.45) is 0 Å². The number of hydrogen-bond acceptors (Lipinski definition) is 4. The smallest absolute Gasteiger partial charge is 0.250 e. The number of nitrogens with zero attached hydrogens (tertiary/aromatic N) is 1. The Kier molecular flexibility index (Phi) is 6.82. The predicted octanol–water partition coefficient (Wildman–Crippen LogP) is 6.92. The topological polar surface area (TPSA) is 51.2 Å². The van der Waals surface area contributed by atoms with Crippen LogP contribution in [0.5, 0.6) is 5.75 Å². The Labute approximate surface area is 204 Å². The van der Waals surface area contributed by atoms with Crippen LogP contribution in [0.15, 0.2) is 84.3 Å². The zero-order valence-corrected chi connectivity index (χ0v) is 19.7. The Bertz CT molecular complexity index is 1290. The van der Waals surface area contributed by atoms with Gasteiger partial charge in [-0.25, -0.2) is 4.98 Å². The van der Waals surface area contributed by atoms with Crippen molar-refractivity contribution in [2.45, 2.75) is 32.3 Å². The maximum atomic E-state index is 12.4. The number of aryl methyl sites for hydroxylation is 2. The van der Waals surface area contributed by atoms with Crippen LogP contribution in [0.2, 0.25) is 0 Å². The summed E-state index contributed by atoms with van der Waals surface area (Å²) in [5, 5.41) is 5.47. The lowest BCUT2D eigenvalue weighted by molar-refractivity contribution is -0.111. The molecule has 0 saturated heterocycles. The van der Waals surface area contributed by atoms with Crippen LogP contribution in [0, 0.1) is 0 Å². The van der Waals surface area contributed by atoms with Gasteiger partial charge in [0.2, 0.25) is 5.91 Å². The minimum atomic E-state index is -0.198. The largest absolute Gasteiger partial charge is 0.489 e. The van der Waals surface area contributed by atoms with Gasteiger partial charge in [0.15, 0.2) is 5.13 Å². The summed E-state index contributed by atoms with van der Waals surface area (Å²) in [6.45, 7) is 0.527. The van der Waals surface area contributed by atoms with Crippen molar-refractivity contribution >= 4 is 28.5 Å². The molecule has 5 rings (SSSR count). The number of carbonyl (C=O) groups excluding carboxylic acids is 1. The van der Waals surface area contributed by atoms with E-state index < -0.39 is 0 Å². The van der Waals surface area contributed by atoms with Gasteiger partial charge in [-0.2, -0.15) is 0 Å². The number of carbonyl (C=O) groups is 1. The number of rotatable bonds is 7. The quantitative estimate of drug-likeness (QED) is 0.301. The van der Waals surface area contributed by atoms with Gasteiger partial charge < -0.3 is 4.74 Å². The Morgan fingerprint density at radius 3 is 2.59 bits per heavy atom. The number of anilines is 1. The molecule has 5 heteroatoms. The van der Waals surface area contributed by atoms with Gasteiger partial charge in [0, 0.05) is 17.0 Å². The molecule has 3 aromatic carbocycles. The molecular formula is C29H26N2O2S. The number of amides is 1. The molecule has 1 heterocycles. The van der Waals surface area contributed by atoms with Gasteiger partial charge in [-0.05, 0) is 72.2 Å². The molecule has 1 amide bonds. The fourth-order valence-corrected chi connectivity index (χ4v) is 4.81. The number of benzene rings is 3. The highest BCUT2D eigenvalue weighted by atomic mass is 32.1. The van der Waals surface area contributed by atoms with Crippen LogP contribution in [-0.2, 0) is 24.2 Å². The number of nitrogens with one attached hydrogen (secondary N) is 1. The molecular weight excluding hydrogens is 440 g/mol. The normalized spacial score (nSPS) is 12.9. The molecule has 0 fully saturated rings. The zero-order valence-electron chi connectivity index (χ0n) is 18.9. The van der Waals surface area contributed by atoms with Gasteiger partial charge >= 0.3 is 0 Å². The average Bonchev–Trinajstić information content (AvgIpc) is 3.35. The minimum absolute atomic E-state index is 0.198. The van der Waals surface area contributed by atoms with E-state index in [1.807, 2.05) is 60.0 Å². The molecule has 0 saturated carbocycles. The van der Waals surface area contributed by atoms with E-state index in [4.69, 9.17) is 4.74 Å². The Hall–Kier alpha value is -3.70. The highest BCUT2D eigenvalue weighted by molar-refractivity contribution is 7.14. The maximum Gasteiger partial charge on any atom is 0.250 e. The van der Waals surface area contributed by atoms with Crippen LogP contribution < -0.4 is 10.1 Å². The molecule has 4 aromatic rings. The van der Waals surface area contributed by atoms with Crippen LogP contribution in [0.25, 0.3) is 17.3 Å². The van der Waals surface area contributed by atoms with Gasteiger partial charge in [0.05, 0.1) is 5.69 Å². The molecule has 170 valence electrons. The second-order valence-electron chi connectivity index (χ2n) is 8.39. The van der Waals surface area contributed by atoms with E-state index in [-0.39, 0.29) is 5.91 Å². The van der Waals surface area contributed by atoms with Crippen LogP contribution in [0.4, 0.5) is 5.13 Å². The molecule has 0 radical (unpaired) electrons. The van der Waals surface area contributed by atoms with E-state index in [2.05, 4.69) is 28.5 Å². The molecule has 4 nitrogen and oxygen atoms in total. The third kappa shape index (κ3) is 5.61. The summed E-state index contributed by atoms with van der Waals surface area (Å²) in [4.78, 5) is 17.0. The molecule has 0 unspecified atom stereocenters. The van der Waals surface area contributed by atoms with Crippen LogP contribution >= 0.6 is 11.3 Å². The van der Waals surface area contributed by atoms with E-state index in [0.717, 1.165) is 34.6 Å². The highest BCUT2D eigenvalue weighted by Gasteiger charge is 2.12. The van der Waals surface area contributed by atoms with Crippen molar-refractivity contribution in [1.29, 1.82) is 0 Å². The van der Waals surface area contributed by atoms with E-state index >= 15 is 0 Å². The van der Waals surface area contributed by atoms with Crippen molar-refractivity contribution in [1.82, 2.24) is 4.98 Å². The van der Waals surface area contributed by atoms with Gasteiger partial charge in [-0.15, -0.1) is 11.3 Å². The summed E-state index contributed by atoms with van der Waals surface area (Å²) in [6.07, 6.45) is 8.16. The third-order valence-corrected chi connectivity index (χ3v) is 6.69. The molecule has 34 heavy (non-hydrogen) atoms. The maximum absolute atomic E-state index is 12.4. The standard InChI is InChI=1S/C29H26N2O2S/c32-28(17-12-21-10-15-26(16-11-21)33-19-22-6-2-1-3-7-22)31-29-30-27(20-34-29)25-14-13-23-8-4-5-9-24(23)18-25/h1-3,6-7,10-18,20H,4-5,8-9,19H2,(H,30,31,32)/b17-12+. The zero-order chi connectivity index (χ0) is 23.2. The van der Waals surface area contributed by atoms with Crippen LogP contribution in [0.1, 0.15) is 35.1 Å². The fourth-order valence-electron chi connectivity index (χ4n) is 4.09. The lowest BCUT2D eigenvalue weighted by atomic mass is 9.90. The average molecular weight is 467 g/mol. The van der Waals surface area contributed by atoms with Crippen molar-refractivity contribution in [3.8, 4) is 17.0 Å². The number of aromatic nitrogens is 1. The first-order chi connectivity index (χ1) is 16.7. The molecule has 0 aliphatic heterocycles. The minimum Gasteiger partial charge on any atom is -0.489 e. The molecule has 0 spiro atoms. The van der Waals surface area contributed by atoms with E-state index in [0.29, 0.717) is 11.7 Å². The summed E-state index contributed by atoms with van der Waals surface area (Å²) in [7, 11) is 0. The van der Waals surface area contributed by atoms with Gasteiger partial charge in [0.1, 0.15) is 12.4 Å². The Morgan fingerprint density at radius 1 is 0.971 bits per heavy atom. The van der Waals surface area contributed by atoms with Crippen molar-refractivity contribution < 1.29 is 9.53 Å². The first kappa shape index (κ1) is 22.1. The van der Waals surface area contributed by atoms with Crippen molar-refractivity contribution in [3.05, 3.63) is 107 Å². The number of ether oxygens (including phenoxy) is 1. The van der Waals surface area contributed by atoms with Crippen LogP contribution in [0.3, 0.4) is 0 Å². The Morgan fingerprint density at radius 2 is 1.76 bits per heavy atom. The van der Waals surface area contributed by atoms with Crippen molar-refractivity contribution in [3.63, 3.8) is 0 Å². The van der Waals surface area contributed by atoms with E-state index in [1.54, 1.807) is 6.08 Å². The molecule has 0 bridgehead atoms. The molecule has 1 aliphatic rings. The molecule has 0 atom stereocenters. The number of thiazole rings is 1. The fraction of sp³-hybridized carbons (Fsp3) is 0.172. The van der Waals surface area contributed by atoms with Gasteiger partial charge in [-0.3, -0.25) is 10.1 Å². The Balaban J connectivity index is 1.15. The second kappa shape index (κ2) is 10.5. The molecule has 1 aliphatic carbocycles. The SMILES string of the molecule is O=C(/C=C/c1ccc(OCc2ccccc2)cc1)Nc1nc(-c2ccc3c(c2)CCCC3)cs1. The number of fused-ring (bicyclic) bond motifs is 1. The number of hydrogen-bond donors (Lipinski definition) is 1. The summed E-state index contributed by atoms with van der Waals surface area (Å²) >= 11 is 1.44. The predicted molar refractivity (Wildman–Crippen MR) is 139 cm³/mol. The lowest BCUT2D eigenvalue weighted by Crippen LogP contribution is -2.07. The summed E-state index contributed by atoms with van der Waals surface area (Å²) < 4.78 is 5.81. The van der Waals surface area contributed by atoms with E-state index in [1.165, 1.54) is 47.8 Å². The summed E-state index contributed by atoms with van der Waals surface area (Å²) in [5.41, 5.74) is 6.96. The second-order valence-corrected chi connectivity index (χ2v) is 9.25. The third-order valence-electron chi connectivity index (χ3n) is 5.93.